The van der Waals surface area contributed by atoms with Crippen LogP contribution in [0.3, 0.4) is 0 Å². The largest absolute Gasteiger partial charge is 0.372 e. The highest BCUT2D eigenvalue weighted by Gasteiger charge is 2.31. The summed E-state index contributed by atoms with van der Waals surface area (Å²) in [7, 11) is 0. The molecule has 84 valence electrons. The van der Waals surface area contributed by atoms with E-state index in [0.717, 1.165) is 19.3 Å². The molecule has 0 aromatic heterocycles. The summed E-state index contributed by atoms with van der Waals surface area (Å²) in [6.45, 7) is 6.54. The van der Waals surface area contributed by atoms with Crippen LogP contribution in [0.25, 0.3) is 0 Å². The van der Waals surface area contributed by atoms with Gasteiger partial charge in [-0.05, 0) is 46.0 Å². The molecule has 1 heterocycles. The first-order valence-corrected chi connectivity index (χ1v) is 6.29. The molecule has 14 heavy (non-hydrogen) atoms. The third-order valence-corrected chi connectivity index (χ3v) is 3.39. The average molecular weight is 219 g/mol. The molecule has 0 spiro atoms. The third kappa shape index (κ3) is 4.18. The van der Waals surface area contributed by atoms with E-state index in [1.165, 1.54) is 19.3 Å². The van der Waals surface area contributed by atoms with Crippen LogP contribution >= 0.6 is 11.6 Å². The summed E-state index contributed by atoms with van der Waals surface area (Å²) in [5.41, 5.74) is 0.108. The van der Waals surface area contributed by atoms with Crippen molar-refractivity contribution in [2.45, 2.75) is 76.4 Å². The zero-order valence-corrected chi connectivity index (χ0v) is 10.4. The van der Waals surface area contributed by atoms with Crippen molar-refractivity contribution in [1.82, 2.24) is 0 Å². The molecule has 1 fully saturated rings. The first-order valence-electron chi connectivity index (χ1n) is 5.85. The van der Waals surface area contributed by atoms with Crippen molar-refractivity contribution in [3.8, 4) is 0 Å². The van der Waals surface area contributed by atoms with E-state index in [1.54, 1.807) is 0 Å². The first-order chi connectivity index (χ1) is 6.53. The smallest absolute Gasteiger partial charge is 0.0631 e. The van der Waals surface area contributed by atoms with E-state index in [9.17, 15) is 0 Å². The SMILES string of the molecule is CCCC(Cl)CCC1CCC(C)(C)O1. The molecule has 1 nitrogen and oxygen atoms in total. The Labute approximate surface area is 93.2 Å². The average Bonchev–Trinajstić information content (AvgIpc) is 2.43. The van der Waals surface area contributed by atoms with Gasteiger partial charge in [0.05, 0.1) is 11.7 Å². The second-order valence-corrected chi connectivity index (χ2v) is 5.62. The number of ether oxygens (including phenoxy) is 1. The number of hydrogen-bond acceptors (Lipinski definition) is 1. The summed E-state index contributed by atoms with van der Waals surface area (Å²) in [5, 5.41) is 0.354. The van der Waals surface area contributed by atoms with Crippen molar-refractivity contribution in [3.63, 3.8) is 0 Å². The lowest BCUT2D eigenvalue weighted by Gasteiger charge is -2.19. The third-order valence-electron chi connectivity index (χ3n) is 2.96. The summed E-state index contributed by atoms with van der Waals surface area (Å²) < 4.78 is 5.92. The molecule has 0 bridgehead atoms. The van der Waals surface area contributed by atoms with Gasteiger partial charge >= 0.3 is 0 Å². The molecule has 0 aromatic rings. The summed E-state index contributed by atoms with van der Waals surface area (Å²) in [6, 6.07) is 0. The van der Waals surface area contributed by atoms with E-state index in [1.807, 2.05) is 0 Å². The molecule has 1 rings (SSSR count). The number of halogens is 1. The highest BCUT2D eigenvalue weighted by molar-refractivity contribution is 6.20. The van der Waals surface area contributed by atoms with Gasteiger partial charge in [0.25, 0.3) is 0 Å². The van der Waals surface area contributed by atoms with E-state index in [0.29, 0.717) is 11.5 Å². The Hall–Kier alpha value is 0.250. The van der Waals surface area contributed by atoms with Gasteiger partial charge in [0, 0.05) is 5.38 Å². The summed E-state index contributed by atoms with van der Waals surface area (Å²) in [5.74, 6) is 0. The van der Waals surface area contributed by atoms with Gasteiger partial charge < -0.3 is 4.74 Å². The van der Waals surface area contributed by atoms with Crippen molar-refractivity contribution in [3.05, 3.63) is 0 Å². The molecule has 0 N–H and O–H groups in total. The van der Waals surface area contributed by atoms with Crippen molar-refractivity contribution >= 4 is 11.6 Å². The molecular weight excluding hydrogens is 196 g/mol. The second kappa shape index (κ2) is 5.37. The van der Waals surface area contributed by atoms with Gasteiger partial charge in [-0.2, -0.15) is 0 Å². The van der Waals surface area contributed by atoms with E-state index < -0.39 is 0 Å². The highest BCUT2D eigenvalue weighted by Crippen LogP contribution is 2.32. The fourth-order valence-corrected chi connectivity index (χ4v) is 2.45. The minimum Gasteiger partial charge on any atom is -0.372 e. The maximum absolute atomic E-state index is 6.17. The molecule has 2 atom stereocenters. The Morgan fingerprint density at radius 2 is 2.14 bits per heavy atom. The van der Waals surface area contributed by atoms with Gasteiger partial charge in [-0.1, -0.05) is 13.3 Å². The first kappa shape index (κ1) is 12.3. The van der Waals surface area contributed by atoms with Gasteiger partial charge in [0.1, 0.15) is 0 Å². The van der Waals surface area contributed by atoms with Gasteiger partial charge in [-0.3, -0.25) is 0 Å². The van der Waals surface area contributed by atoms with Crippen LogP contribution in [0.5, 0.6) is 0 Å². The molecule has 0 saturated carbocycles. The standard InChI is InChI=1S/C12H23ClO/c1-4-5-10(13)6-7-11-8-9-12(2,3)14-11/h10-11H,4-9H2,1-3H3. The van der Waals surface area contributed by atoms with Crippen molar-refractivity contribution in [2.24, 2.45) is 0 Å². The Morgan fingerprint density at radius 3 is 2.64 bits per heavy atom. The van der Waals surface area contributed by atoms with Crippen molar-refractivity contribution < 1.29 is 4.74 Å². The topological polar surface area (TPSA) is 9.23 Å². The lowest BCUT2D eigenvalue weighted by Crippen LogP contribution is -2.20. The Morgan fingerprint density at radius 1 is 1.43 bits per heavy atom. The molecule has 0 amide bonds. The normalized spacial score (nSPS) is 27.9. The quantitative estimate of drug-likeness (QED) is 0.631. The van der Waals surface area contributed by atoms with Crippen molar-refractivity contribution in [2.75, 3.05) is 0 Å². The van der Waals surface area contributed by atoms with Gasteiger partial charge in [0.2, 0.25) is 0 Å². The molecule has 2 unspecified atom stereocenters. The summed E-state index contributed by atoms with van der Waals surface area (Å²) >= 11 is 6.17. The van der Waals surface area contributed by atoms with Gasteiger partial charge in [0.15, 0.2) is 0 Å². The lowest BCUT2D eigenvalue weighted by molar-refractivity contribution is -0.0190. The van der Waals surface area contributed by atoms with Crippen LogP contribution < -0.4 is 0 Å². The summed E-state index contributed by atoms with van der Waals surface area (Å²) in [6.07, 6.45) is 7.43. The molecule has 2 heteroatoms. The molecule has 1 saturated heterocycles. The van der Waals surface area contributed by atoms with Gasteiger partial charge in [-0.15, -0.1) is 11.6 Å². The van der Waals surface area contributed by atoms with Crippen LogP contribution in [0, 0.1) is 0 Å². The number of rotatable bonds is 5. The minimum absolute atomic E-state index is 0.108. The highest BCUT2D eigenvalue weighted by atomic mass is 35.5. The molecule has 0 aromatic carbocycles. The lowest BCUT2D eigenvalue weighted by atomic mass is 10.0. The van der Waals surface area contributed by atoms with E-state index in [-0.39, 0.29) is 5.60 Å². The van der Waals surface area contributed by atoms with Crippen LogP contribution in [0.1, 0.15) is 59.3 Å². The van der Waals surface area contributed by atoms with E-state index >= 15 is 0 Å². The molecule has 1 aliphatic rings. The monoisotopic (exact) mass is 218 g/mol. The molecule has 0 aliphatic carbocycles. The van der Waals surface area contributed by atoms with Crippen molar-refractivity contribution in [1.29, 1.82) is 0 Å². The van der Waals surface area contributed by atoms with E-state index in [2.05, 4.69) is 20.8 Å². The zero-order valence-electron chi connectivity index (χ0n) is 9.68. The zero-order chi connectivity index (χ0) is 10.6. The maximum atomic E-state index is 6.17. The predicted molar refractivity (Wildman–Crippen MR) is 62.0 cm³/mol. The fraction of sp³-hybridized carbons (Fsp3) is 1.00. The van der Waals surface area contributed by atoms with Crippen LogP contribution in [-0.4, -0.2) is 17.1 Å². The van der Waals surface area contributed by atoms with E-state index in [4.69, 9.17) is 16.3 Å². The predicted octanol–water partition coefficient (Wildman–Crippen LogP) is 4.13. The van der Waals surface area contributed by atoms with Crippen LogP contribution in [0.4, 0.5) is 0 Å². The minimum atomic E-state index is 0.108. The van der Waals surface area contributed by atoms with Gasteiger partial charge in [-0.25, -0.2) is 0 Å². The number of hydrogen-bond donors (Lipinski definition) is 0. The van der Waals surface area contributed by atoms with Crippen LogP contribution in [0.15, 0.2) is 0 Å². The second-order valence-electron chi connectivity index (χ2n) is 5.00. The molecule has 1 aliphatic heterocycles. The molecular formula is C12H23ClO. The Balaban J connectivity index is 2.14. The van der Waals surface area contributed by atoms with Crippen LogP contribution in [0.2, 0.25) is 0 Å². The fourth-order valence-electron chi connectivity index (χ4n) is 2.11. The number of alkyl halides is 1. The maximum Gasteiger partial charge on any atom is 0.0631 e. The summed E-state index contributed by atoms with van der Waals surface area (Å²) in [4.78, 5) is 0. The van der Waals surface area contributed by atoms with Crippen LogP contribution in [-0.2, 0) is 4.74 Å². The Bertz CT molecular complexity index is 168. The Kier molecular flexibility index (Phi) is 4.72. The molecule has 0 radical (unpaired) electrons.